The Morgan fingerprint density at radius 1 is 1.09 bits per heavy atom. The molecular weight excluding hydrogens is 450 g/mol. The molecule has 9 heteroatoms. The van der Waals surface area contributed by atoms with Gasteiger partial charge in [-0.05, 0) is 55.2 Å². The summed E-state index contributed by atoms with van der Waals surface area (Å²) in [5.41, 5.74) is 2.86. The molecule has 32 heavy (non-hydrogen) atoms. The third-order valence-corrected chi connectivity index (χ3v) is 6.70. The summed E-state index contributed by atoms with van der Waals surface area (Å²) in [5, 5.41) is 3.07. The van der Waals surface area contributed by atoms with E-state index >= 15 is 0 Å². The van der Waals surface area contributed by atoms with Gasteiger partial charge in [0.15, 0.2) is 0 Å². The second kappa shape index (κ2) is 10.8. The van der Waals surface area contributed by atoms with E-state index in [1.165, 1.54) is 11.9 Å². The van der Waals surface area contributed by atoms with Crippen LogP contribution in [0, 0.1) is 13.8 Å². The molecule has 0 radical (unpaired) electrons. The predicted molar refractivity (Wildman–Crippen MR) is 128 cm³/mol. The van der Waals surface area contributed by atoms with Crippen LogP contribution in [0.4, 0.5) is 5.69 Å². The highest BCUT2D eigenvalue weighted by atomic mass is 35.5. The molecule has 0 aliphatic rings. The maximum absolute atomic E-state index is 13.5. The fraction of sp³-hybridized carbons (Fsp3) is 0.391. The van der Waals surface area contributed by atoms with Crippen LogP contribution in [-0.4, -0.2) is 51.0 Å². The van der Waals surface area contributed by atoms with Crippen molar-refractivity contribution in [3.8, 4) is 0 Å². The normalized spacial score (nSPS) is 12.2. The van der Waals surface area contributed by atoms with Crippen molar-refractivity contribution in [2.75, 3.05) is 24.2 Å². The average molecular weight is 480 g/mol. The highest BCUT2D eigenvalue weighted by Gasteiger charge is 2.31. The number of anilines is 1. The molecule has 2 aromatic rings. The summed E-state index contributed by atoms with van der Waals surface area (Å²) in [6.45, 7) is 5.23. The van der Waals surface area contributed by atoms with Crippen LogP contribution in [0.25, 0.3) is 0 Å². The van der Waals surface area contributed by atoms with Crippen molar-refractivity contribution in [1.29, 1.82) is 0 Å². The van der Waals surface area contributed by atoms with Gasteiger partial charge in [-0.25, -0.2) is 8.42 Å². The summed E-state index contributed by atoms with van der Waals surface area (Å²) in [6, 6.07) is 11.7. The molecule has 0 unspecified atom stereocenters. The predicted octanol–water partition coefficient (Wildman–Crippen LogP) is 3.28. The fourth-order valence-corrected chi connectivity index (χ4v) is 4.68. The molecule has 1 N–H and O–H groups in total. The SMILES string of the molecule is CC[C@@H](C(=O)NC)N(Cc1ccccc1C)C(=O)CN(c1ccc(Cl)cc1C)S(C)(=O)=O. The first-order chi connectivity index (χ1) is 15.0. The number of rotatable bonds is 9. The quantitative estimate of drug-likeness (QED) is 0.598. The van der Waals surface area contributed by atoms with E-state index < -0.39 is 28.5 Å². The van der Waals surface area contributed by atoms with Gasteiger partial charge in [0.25, 0.3) is 0 Å². The molecule has 1 atom stereocenters. The number of aryl methyl sites for hydroxylation is 2. The van der Waals surface area contributed by atoms with E-state index in [9.17, 15) is 18.0 Å². The smallest absolute Gasteiger partial charge is 0.244 e. The number of benzene rings is 2. The molecular formula is C23H30ClN3O4S. The molecule has 2 amide bonds. The standard InChI is InChI=1S/C23H30ClN3O4S/c1-6-20(23(29)25-4)26(14-18-10-8-7-9-16(18)2)22(28)15-27(32(5,30)31)21-12-11-19(24)13-17(21)3/h7-13,20H,6,14-15H2,1-5H3,(H,25,29)/t20-/m0/s1. The molecule has 2 rings (SSSR count). The second-order valence-electron chi connectivity index (χ2n) is 7.69. The lowest BCUT2D eigenvalue weighted by Crippen LogP contribution is -2.51. The van der Waals surface area contributed by atoms with Gasteiger partial charge in [0.1, 0.15) is 12.6 Å². The summed E-state index contributed by atoms with van der Waals surface area (Å²) in [4.78, 5) is 27.5. The fourth-order valence-electron chi connectivity index (χ4n) is 3.55. The van der Waals surface area contributed by atoms with Gasteiger partial charge in [-0.2, -0.15) is 0 Å². The van der Waals surface area contributed by atoms with E-state index in [0.717, 1.165) is 21.7 Å². The number of halogens is 1. The number of amides is 2. The van der Waals surface area contributed by atoms with Crippen molar-refractivity contribution in [1.82, 2.24) is 10.2 Å². The number of nitrogens with one attached hydrogen (secondary N) is 1. The van der Waals surface area contributed by atoms with Crippen molar-refractivity contribution < 1.29 is 18.0 Å². The van der Waals surface area contributed by atoms with Gasteiger partial charge in [0, 0.05) is 18.6 Å². The maximum Gasteiger partial charge on any atom is 0.244 e. The van der Waals surface area contributed by atoms with Crippen LogP contribution in [0.1, 0.15) is 30.0 Å². The highest BCUT2D eigenvalue weighted by molar-refractivity contribution is 7.92. The van der Waals surface area contributed by atoms with Crippen LogP contribution in [0.15, 0.2) is 42.5 Å². The van der Waals surface area contributed by atoms with Gasteiger partial charge >= 0.3 is 0 Å². The Morgan fingerprint density at radius 2 is 1.75 bits per heavy atom. The van der Waals surface area contributed by atoms with Gasteiger partial charge in [0.2, 0.25) is 21.8 Å². The van der Waals surface area contributed by atoms with Crippen molar-refractivity contribution in [3.63, 3.8) is 0 Å². The lowest BCUT2D eigenvalue weighted by atomic mass is 10.1. The lowest BCUT2D eigenvalue weighted by molar-refractivity contribution is -0.140. The Morgan fingerprint density at radius 3 is 2.28 bits per heavy atom. The number of hydrogen-bond acceptors (Lipinski definition) is 4. The summed E-state index contributed by atoms with van der Waals surface area (Å²) >= 11 is 6.02. The Bertz CT molecular complexity index is 1090. The minimum absolute atomic E-state index is 0.189. The molecule has 0 fully saturated rings. The summed E-state index contributed by atoms with van der Waals surface area (Å²) in [5.74, 6) is -0.772. The molecule has 2 aromatic carbocycles. The minimum Gasteiger partial charge on any atom is -0.357 e. The van der Waals surface area contributed by atoms with E-state index in [-0.39, 0.29) is 12.5 Å². The molecule has 0 saturated heterocycles. The third kappa shape index (κ3) is 6.23. The molecule has 0 saturated carbocycles. The van der Waals surface area contributed by atoms with Crippen LogP contribution < -0.4 is 9.62 Å². The topological polar surface area (TPSA) is 86.8 Å². The third-order valence-electron chi connectivity index (χ3n) is 5.34. The average Bonchev–Trinajstić information content (AvgIpc) is 2.72. The highest BCUT2D eigenvalue weighted by Crippen LogP contribution is 2.26. The van der Waals surface area contributed by atoms with Crippen molar-refractivity contribution in [2.45, 2.75) is 39.8 Å². The molecule has 0 bridgehead atoms. The molecule has 7 nitrogen and oxygen atoms in total. The van der Waals surface area contributed by atoms with Gasteiger partial charge in [-0.3, -0.25) is 13.9 Å². The van der Waals surface area contributed by atoms with Gasteiger partial charge in [-0.1, -0.05) is 42.8 Å². The van der Waals surface area contributed by atoms with Crippen molar-refractivity contribution >= 4 is 39.1 Å². The zero-order valence-corrected chi connectivity index (χ0v) is 20.6. The van der Waals surface area contributed by atoms with Crippen molar-refractivity contribution in [3.05, 3.63) is 64.2 Å². The van der Waals surface area contributed by atoms with E-state index in [1.807, 2.05) is 38.1 Å². The number of nitrogens with zero attached hydrogens (tertiary/aromatic N) is 2. The summed E-state index contributed by atoms with van der Waals surface area (Å²) < 4.78 is 26.3. The Labute approximate surface area is 195 Å². The monoisotopic (exact) mass is 479 g/mol. The molecule has 0 spiro atoms. The first-order valence-corrected chi connectivity index (χ1v) is 12.5. The van der Waals surface area contributed by atoms with Crippen molar-refractivity contribution in [2.24, 2.45) is 0 Å². The molecule has 0 heterocycles. The van der Waals surface area contributed by atoms with E-state index in [1.54, 1.807) is 25.1 Å². The molecule has 0 aromatic heterocycles. The van der Waals surface area contributed by atoms with Gasteiger partial charge < -0.3 is 10.2 Å². The number of likely N-dealkylation sites (N-methyl/N-ethyl adjacent to an activating group) is 1. The second-order valence-corrected chi connectivity index (χ2v) is 10.0. The van der Waals surface area contributed by atoms with E-state index in [2.05, 4.69) is 5.32 Å². The van der Waals surface area contributed by atoms with Crippen LogP contribution in [-0.2, 0) is 26.2 Å². The maximum atomic E-state index is 13.5. The molecule has 0 aliphatic carbocycles. The lowest BCUT2D eigenvalue weighted by Gasteiger charge is -2.33. The summed E-state index contributed by atoms with van der Waals surface area (Å²) in [7, 11) is -2.26. The zero-order valence-electron chi connectivity index (χ0n) is 19.1. The Hall–Kier alpha value is -2.58. The summed E-state index contributed by atoms with van der Waals surface area (Å²) in [6.07, 6.45) is 1.44. The minimum atomic E-state index is -3.78. The van der Waals surface area contributed by atoms with Gasteiger partial charge in [0.05, 0.1) is 11.9 Å². The Balaban J connectivity index is 2.48. The number of sulfonamides is 1. The number of carbonyl (C=O) groups is 2. The van der Waals surface area contributed by atoms with Crippen LogP contribution in [0.2, 0.25) is 5.02 Å². The van der Waals surface area contributed by atoms with Crippen LogP contribution in [0.3, 0.4) is 0 Å². The van der Waals surface area contributed by atoms with Crippen LogP contribution >= 0.6 is 11.6 Å². The molecule has 0 aliphatic heterocycles. The largest absolute Gasteiger partial charge is 0.357 e. The number of hydrogen-bond donors (Lipinski definition) is 1. The Kier molecular flexibility index (Phi) is 8.69. The molecule has 174 valence electrons. The van der Waals surface area contributed by atoms with Gasteiger partial charge in [-0.15, -0.1) is 0 Å². The van der Waals surface area contributed by atoms with E-state index in [0.29, 0.717) is 22.7 Å². The first-order valence-electron chi connectivity index (χ1n) is 10.3. The van der Waals surface area contributed by atoms with Crippen LogP contribution in [0.5, 0.6) is 0 Å². The number of carbonyl (C=O) groups excluding carboxylic acids is 2. The van der Waals surface area contributed by atoms with E-state index in [4.69, 9.17) is 11.6 Å². The first kappa shape index (κ1) is 25.7. The zero-order chi connectivity index (χ0) is 24.1.